The van der Waals surface area contributed by atoms with Crippen LogP contribution in [0.25, 0.3) is 0 Å². The van der Waals surface area contributed by atoms with E-state index in [2.05, 4.69) is 22.8 Å². The van der Waals surface area contributed by atoms with Gasteiger partial charge < -0.3 is 10.6 Å². The molecule has 0 aromatic heterocycles. The van der Waals surface area contributed by atoms with Gasteiger partial charge >= 0.3 is 0 Å². The van der Waals surface area contributed by atoms with Crippen molar-refractivity contribution in [3.8, 4) is 0 Å². The zero-order valence-corrected chi connectivity index (χ0v) is 18.8. The van der Waals surface area contributed by atoms with E-state index < -0.39 is 0 Å². The molecule has 0 bridgehead atoms. The van der Waals surface area contributed by atoms with Crippen molar-refractivity contribution in [2.45, 2.75) is 64.3 Å². The van der Waals surface area contributed by atoms with Crippen molar-refractivity contribution in [3.63, 3.8) is 0 Å². The van der Waals surface area contributed by atoms with E-state index in [4.69, 9.17) is 11.6 Å². The molecule has 0 spiro atoms. The molecule has 0 amide bonds. The van der Waals surface area contributed by atoms with Crippen LogP contribution in [0.1, 0.15) is 63.4 Å². The fourth-order valence-corrected chi connectivity index (χ4v) is 4.78. The molecule has 0 radical (unpaired) electrons. The van der Waals surface area contributed by atoms with Crippen LogP contribution in [0, 0.1) is 17.8 Å². The van der Waals surface area contributed by atoms with E-state index >= 15 is 0 Å². The van der Waals surface area contributed by atoms with Gasteiger partial charge in [0.2, 0.25) is 0 Å². The standard InChI is InChI=1S/C22H35ClN2.2ClH/c23-22-9-5-4-8-21(22)17-25-16-20-12-10-19(11-13-20)15-24-14-18-6-2-1-3-7-18;;/h4-5,8-9,18-20,24-25H,1-3,6-7,10-17H2;2*1H. The first-order valence-electron chi connectivity index (χ1n) is 10.5. The first-order chi connectivity index (χ1) is 12.3. The number of nitrogens with one attached hydrogen (secondary N) is 2. The zero-order valence-electron chi connectivity index (χ0n) is 16.4. The summed E-state index contributed by atoms with van der Waals surface area (Å²) in [5.74, 6) is 2.71. The molecule has 0 unspecified atom stereocenters. The molecule has 2 aliphatic carbocycles. The van der Waals surface area contributed by atoms with Crippen LogP contribution in [0.15, 0.2) is 24.3 Å². The second-order valence-corrected chi connectivity index (χ2v) is 8.68. The molecule has 0 aliphatic heterocycles. The number of hydrogen-bond acceptors (Lipinski definition) is 2. The Morgan fingerprint density at radius 3 is 1.81 bits per heavy atom. The fraction of sp³-hybridized carbons (Fsp3) is 0.727. The van der Waals surface area contributed by atoms with Gasteiger partial charge in [-0.1, -0.05) is 49.1 Å². The van der Waals surface area contributed by atoms with E-state index in [-0.39, 0.29) is 24.8 Å². The van der Waals surface area contributed by atoms with Gasteiger partial charge in [-0.05, 0) is 87.5 Å². The molecule has 2 aliphatic rings. The van der Waals surface area contributed by atoms with Crippen LogP contribution in [0.2, 0.25) is 5.02 Å². The van der Waals surface area contributed by atoms with Crippen LogP contribution in [0.3, 0.4) is 0 Å². The van der Waals surface area contributed by atoms with Crippen LogP contribution in [0.5, 0.6) is 0 Å². The Kier molecular flexibility index (Phi) is 13.0. The van der Waals surface area contributed by atoms with Gasteiger partial charge in [0.1, 0.15) is 0 Å². The van der Waals surface area contributed by atoms with Crippen molar-refractivity contribution in [1.82, 2.24) is 10.6 Å². The van der Waals surface area contributed by atoms with E-state index in [0.717, 1.165) is 35.9 Å². The molecule has 3 rings (SSSR count). The number of rotatable bonds is 8. The highest BCUT2D eigenvalue weighted by atomic mass is 35.5. The highest BCUT2D eigenvalue weighted by Crippen LogP contribution is 2.28. The minimum absolute atomic E-state index is 0. The van der Waals surface area contributed by atoms with E-state index in [1.807, 2.05) is 12.1 Å². The maximum absolute atomic E-state index is 6.22. The SMILES string of the molecule is Cl.Cl.Clc1ccccc1CNCC1CCC(CNCC2CCCCC2)CC1. The largest absolute Gasteiger partial charge is 0.316 e. The van der Waals surface area contributed by atoms with Gasteiger partial charge in [-0.15, -0.1) is 24.8 Å². The average Bonchev–Trinajstić information content (AvgIpc) is 2.65. The monoisotopic (exact) mass is 434 g/mol. The smallest absolute Gasteiger partial charge is 0.0450 e. The summed E-state index contributed by atoms with van der Waals surface area (Å²) in [6.45, 7) is 4.53. The highest BCUT2D eigenvalue weighted by molar-refractivity contribution is 6.31. The molecule has 0 saturated heterocycles. The molecule has 2 saturated carbocycles. The van der Waals surface area contributed by atoms with Gasteiger partial charge in [0.15, 0.2) is 0 Å². The third-order valence-electron chi connectivity index (χ3n) is 6.26. The minimum Gasteiger partial charge on any atom is -0.316 e. The summed E-state index contributed by atoms with van der Waals surface area (Å²) in [6, 6.07) is 8.15. The van der Waals surface area contributed by atoms with Crippen molar-refractivity contribution < 1.29 is 0 Å². The summed E-state index contributed by atoms with van der Waals surface area (Å²) in [5.41, 5.74) is 1.21. The van der Waals surface area contributed by atoms with Gasteiger partial charge in [-0.25, -0.2) is 0 Å². The van der Waals surface area contributed by atoms with Gasteiger partial charge in [-0.3, -0.25) is 0 Å². The van der Waals surface area contributed by atoms with Gasteiger partial charge in [0, 0.05) is 11.6 Å². The lowest BCUT2D eigenvalue weighted by molar-refractivity contribution is 0.253. The van der Waals surface area contributed by atoms with Gasteiger partial charge in [0.25, 0.3) is 0 Å². The highest BCUT2D eigenvalue weighted by Gasteiger charge is 2.21. The number of hydrogen-bond donors (Lipinski definition) is 2. The molecule has 2 fully saturated rings. The van der Waals surface area contributed by atoms with Crippen LogP contribution >= 0.6 is 36.4 Å². The minimum atomic E-state index is 0. The topological polar surface area (TPSA) is 24.1 Å². The summed E-state index contributed by atoms with van der Waals surface area (Å²) in [6.07, 6.45) is 12.8. The molecular formula is C22H37Cl3N2. The maximum atomic E-state index is 6.22. The van der Waals surface area contributed by atoms with E-state index in [1.54, 1.807) is 0 Å². The molecule has 2 N–H and O–H groups in total. The second-order valence-electron chi connectivity index (χ2n) is 8.27. The zero-order chi connectivity index (χ0) is 17.3. The molecule has 5 heteroatoms. The van der Waals surface area contributed by atoms with Crippen LogP contribution in [-0.4, -0.2) is 19.6 Å². The third kappa shape index (κ3) is 8.92. The number of halogens is 3. The molecule has 27 heavy (non-hydrogen) atoms. The van der Waals surface area contributed by atoms with E-state index in [0.29, 0.717) is 0 Å². The van der Waals surface area contributed by atoms with Crippen molar-refractivity contribution in [2.75, 3.05) is 19.6 Å². The maximum Gasteiger partial charge on any atom is 0.0450 e. The van der Waals surface area contributed by atoms with Gasteiger partial charge in [-0.2, -0.15) is 0 Å². The molecule has 156 valence electrons. The lowest BCUT2D eigenvalue weighted by atomic mass is 9.81. The quantitative estimate of drug-likeness (QED) is 0.504. The Bertz CT molecular complexity index is 498. The first-order valence-corrected chi connectivity index (χ1v) is 10.8. The Hall–Kier alpha value is 0.01000. The fourth-order valence-electron chi connectivity index (χ4n) is 4.58. The number of benzene rings is 1. The Morgan fingerprint density at radius 1 is 0.704 bits per heavy atom. The predicted octanol–water partition coefficient (Wildman–Crippen LogP) is 6.25. The summed E-state index contributed by atoms with van der Waals surface area (Å²) < 4.78 is 0. The van der Waals surface area contributed by atoms with Crippen LogP contribution in [0.4, 0.5) is 0 Å². The van der Waals surface area contributed by atoms with Crippen molar-refractivity contribution in [3.05, 3.63) is 34.9 Å². The molecule has 2 nitrogen and oxygen atoms in total. The molecule has 1 aromatic rings. The van der Waals surface area contributed by atoms with Gasteiger partial charge in [0.05, 0.1) is 0 Å². The summed E-state index contributed by atoms with van der Waals surface area (Å²) in [4.78, 5) is 0. The Labute approximate surface area is 183 Å². The molecule has 0 heterocycles. The van der Waals surface area contributed by atoms with Crippen LogP contribution in [-0.2, 0) is 6.54 Å². The predicted molar refractivity (Wildman–Crippen MR) is 123 cm³/mol. The Morgan fingerprint density at radius 2 is 1.22 bits per heavy atom. The lowest BCUT2D eigenvalue weighted by Gasteiger charge is -2.30. The van der Waals surface area contributed by atoms with E-state index in [1.165, 1.54) is 76.4 Å². The van der Waals surface area contributed by atoms with Crippen molar-refractivity contribution in [1.29, 1.82) is 0 Å². The lowest BCUT2D eigenvalue weighted by Crippen LogP contribution is -2.32. The second kappa shape index (κ2) is 14.1. The average molecular weight is 436 g/mol. The summed E-state index contributed by atoms with van der Waals surface area (Å²) in [7, 11) is 0. The van der Waals surface area contributed by atoms with Crippen molar-refractivity contribution >= 4 is 36.4 Å². The molecule has 0 atom stereocenters. The first kappa shape index (κ1) is 25.0. The summed E-state index contributed by atoms with van der Waals surface area (Å²) >= 11 is 6.22. The Balaban J connectivity index is 0.00000182. The normalized spacial score (nSPS) is 23.3. The van der Waals surface area contributed by atoms with E-state index in [9.17, 15) is 0 Å². The molecule has 1 aromatic carbocycles. The third-order valence-corrected chi connectivity index (χ3v) is 6.63. The van der Waals surface area contributed by atoms with Crippen LogP contribution < -0.4 is 10.6 Å². The van der Waals surface area contributed by atoms with Crippen molar-refractivity contribution in [2.24, 2.45) is 17.8 Å². The summed E-state index contributed by atoms with van der Waals surface area (Å²) in [5, 5.41) is 8.27. The molecular weight excluding hydrogens is 399 g/mol.